The van der Waals surface area contributed by atoms with Crippen molar-refractivity contribution in [3.8, 4) is 5.75 Å². The predicted molar refractivity (Wildman–Crippen MR) is 171 cm³/mol. The minimum atomic E-state index is -3.96. The Balaban J connectivity index is 1.75. The Hall–Kier alpha value is -3.56. The van der Waals surface area contributed by atoms with Gasteiger partial charge in [0.05, 0.1) is 19.1 Å². The fourth-order valence-electron chi connectivity index (χ4n) is 5.56. The van der Waals surface area contributed by atoms with Gasteiger partial charge >= 0.3 is 0 Å². The van der Waals surface area contributed by atoms with Crippen LogP contribution >= 0.6 is 11.6 Å². The lowest BCUT2D eigenvalue weighted by atomic mass is 9.94. The Morgan fingerprint density at radius 2 is 1.67 bits per heavy atom. The van der Waals surface area contributed by atoms with Gasteiger partial charge in [-0.1, -0.05) is 91.0 Å². The lowest BCUT2D eigenvalue weighted by Gasteiger charge is -2.35. The summed E-state index contributed by atoms with van der Waals surface area (Å²) in [5.41, 5.74) is 2.89. The van der Waals surface area contributed by atoms with E-state index in [4.69, 9.17) is 16.3 Å². The maximum absolute atomic E-state index is 14.3. The summed E-state index contributed by atoms with van der Waals surface area (Å²) in [5.74, 6) is -0.514. The number of ether oxygens (including phenoxy) is 1. The summed E-state index contributed by atoms with van der Waals surface area (Å²) in [6.45, 7) is 1.55. The molecular formula is C33H40ClN3O5S. The highest BCUT2D eigenvalue weighted by molar-refractivity contribution is 7.92. The molecule has 230 valence electrons. The van der Waals surface area contributed by atoms with Crippen molar-refractivity contribution in [2.24, 2.45) is 0 Å². The van der Waals surface area contributed by atoms with Gasteiger partial charge in [0.25, 0.3) is 0 Å². The molecule has 0 saturated heterocycles. The molecule has 4 rings (SSSR count). The molecule has 3 aromatic rings. The van der Waals surface area contributed by atoms with E-state index in [0.29, 0.717) is 5.02 Å². The topological polar surface area (TPSA) is 96.0 Å². The molecule has 1 aliphatic carbocycles. The summed E-state index contributed by atoms with van der Waals surface area (Å²) in [6.07, 6.45) is 6.33. The van der Waals surface area contributed by atoms with E-state index in [1.807, 2.05) is 61.5 Å². The van der Waals surface area contributed by atoms with Crippen molar-refractivity contribution in [1.29, 1.82) is 0 Å². The molecule has 2 amide bonds. The van der Waals surface area contributed by atoms with Crippen LogP contribution in [-0.2, 0) is 32.6 Å². The van der Waals surface area contributed by atoms with Gasteiger partial charge < -0.3 is 15.0 Å². The summed E-state index contributed by atoms with van der Waals surface area (Å²) >= 11 is 6.24. The molecule has 0 bridgehead atoms. The van der Waals surface area contributed by atoms with Crippen LogP contribution in [0.5, 0.6) is 5.75 Å². The number of carbonyl (C=O) groups excluding carboxylic acids is 2. The molecule has 1 aliphatic rings. The Morgan fingerprint density at radius 1 is 0.977 bits per heavy atom. The third-order valence-corrected chi connectivity index (χ3v) is 9.11. The van der Waals surface area contributed by atoms with Crippen molar-refractivity contribution >= 4 is 39.1 Å². The second kappa shape index (κ2) is 14.8. The summed E-state index contributed by atoms with van der Waals surface area (Å²) in [4.78, 5) is 29.9. The molecule has 0 aromatic heterocycles. The van der Waals surface area contributed by atoms with Gasteiger partial charge in [-0.2, -0.15) is 0 Å². The number of amides is 2. The number of methoxy groups -OCH3 is 1. The van der Waals surface area contributed by atoms with Crippen LogP contribution in [0.1, 0.15) is 48.8 Å². The van der Waals surface area contributed by atoms with E-state index in [0.717, 1.165) is 59.4 Å². The highest BCUT2D eigenvalue weighted by atomic mass is 35.5. The van der Waals surface area contributed by atoms with Crippen molar-refractivity contribution in [2.75, 3.05) is 24.2 Å². The van der Waals surface area contributed by atoms with Crippen LogP contribution < -0.4 is 14.4 Å². The molecule has 43 heavy (non-hydrogen) atoms. The number of halogens is 1. The van der Waals surface area contributed by atoms with E-state index >= 15 is 0 Å². The van der Waals surface area contributed by atoms with Crippen molar-refractivity contribution in [1.82, 2.24) is 10.2 Å². The van der Waals surface area contributed by atoms with Crippen LogP contribution in [0.25, 0.3) is 0 Å². The van der Waals surface area contributed by atoms with Gasteiger partial charge in [0.2, 0.25) is 21.8 Å². The summed E-state index contributed by atoms with van der Waals surface area (Å²) < 4.78 is 32.6. The van der Waals surface area contributed by atoms with Crippen LogP contribution in [-0.4, -0.2) is 57.1 Å². The fourth-order valence-corrected chi connectivity index (χ4v) is 6.57. The number of anilines is 1. The van der Waals surface area contributed by atoms with Crippen molar-refractivity contribution in [2.45, 2.75) is 64.1 Å². The number of carbonyl (C=O) groups is 2. The smallest absolute Gasteiger partial charge is 0.244 e. The van der Waals surface area contributed by atoms with Crippen molar-refractivity contribution in [3.05, 3.63) is 94.5 Å². The zero-order valence-electron chi connectivity index (χ0n) is 25.0. The number of aryl methyl sites for hydroxylation is 1. The third kappa shape index (κ3) is 8.97. The Bertz CT molecular complexity index is 1510. The molecule has 0 spiro atoms. The Labute approximate surface area is 260 Å². The zero-order chi connectivity index (χ0) is 31.0. The minimum absolute atomic E-state index is 0.0404. The predicted octanol–water partition coefficient (Wildman–Crippen LogP) is 5.51. The molecule has 0 radical (unpaired) electrons. The van der Waals surface area contributed by atoms with E-state index < -0.39 is 28.5 Å². The van der Waals surface area contributed by atoms with Gasteiger partial charge in [0.15, 0.2) is 0 Å². The summed E-state index contributed by atoms with van der Waals surface area (Å²) in [6, 6.07) is 21.0. The van der Waals surface area contributed by atoms with E-state index in [2.05, 4.69) is 5.32 Å². The first kappa shape index (κ1) is 32.4. The van der Waals surface area contributed by atoms with Gasteiger partial charge in [-0.25, -0.2) is 8.42 Å². The lowest BCUT2D eigenvalue weighted by molar-refractivity contribution is -0.140. The molecular weight excluding hydrogens is 586 g/mol. The highest BCUT2D eigenvalue weighted by Gasteiger charge is 2.34. The normalized spacial score (nSPS) is 14.5. The first-order valence-electron chi connectivity index (χ1n) is 14.6. The SMILES string of the molecule is COc1ccc(Cl)cc1N(CC(=O)N(Cc1cccc(C)c1)[C@H](Cc1ccccc1)C(=O)NC1CCCCC1)S(C)(=O)=O. The number of hydrogen-bond acceptors (Lipinski definition) is 5. The average molecular weight is 626 g/mol. The molecule has 1 N–H and O–H groups in total. The Kier molecular flexibility index (Phi) is 11.1. The average Bonchev–Trinajstić information content (AvgIpc) is 2.98. The first-order chi connectivity index (χ1) is 20.5. The number of benzene rings is 3. The number of rotatable bonds is 12. The molecule has 1 saturated carbocycles. The Morgan fingerprint density at radius 3 is 2.33 bits per heavy atom. The van der Waals surface area contributed by atoms with E-state index in [1.165, 1.54) is 18.1 Å². The van der Waals surface area contributed by atoms with Crippen LogP contribution in [0.4, 0.5) is 5.69 Å². The summed E-state index contributed by atoms with van der Waals surface area (Å²) in [5, 5.41) is 3.50. The minimum Gasteiger partial charge on any atom is -0.495 e. The lowest BCUT2D eigenvalue weighted by Crippen LogP contribution is -2.55. The van der Waals surface area contributed by atoms with Crippen LogP contribution in [0.3, 0.4) is 0 Å². The largest absolute Gasteiger partial charge is 0.495 e. The van der Waals surface area contributed by atoms with Crippen molar-refractivity contribution < 1.29 is 22.7 Å². The zero-order valence-corrected chi connectivity index (χ0v) is 26.5. The second-order valence-electron chi connectivity index (χ2n) is 11.1. The van der Waals surface area contributed by atoms with Crippen LogP contribution in [0.15, 0.2) is 72.8 Å². The van der Waals surface area contributed by atoms with E-state index in [1.54, 1.807) is 12.1 Å². The van der Waals surface area contributed by atoms with Gasteiger partial charge in [0.1, 0.15) is 18.3 Å². The molecule has 10 heteroatoms. The highest BCUT2D eigenvalue weighted by Crippen LogP contribution is 2.33. The first-order valence-corrected chi connectivity index (χ1v) is 16.8. The van der Waals surface area contributed by atoms with Crippen molar-refractivity contribution in [3.63, 3.8) is 0 Å². The van der Waals surface area contributed by atoms with Gasteiger partial charge in [-0.15, -0.1) is 0 Å². The molecule has 3 aromatic carbocycles. The molecule has 0 heterocycles. The number of nitrogens with one attached hydrogen (secondary N) is 1. The third-order valence-electron chi connectivity index (χ3n) is 7.75. The maximum Gasteiger partial charge on any atom is 0.244 e. The molecule has 0 unspecified atom stereocenters. The fraction of sp³-hybridized carbons (Fsp3) is 0.394. The molecule has 8 nitrogen and oxygen atoms in total. The summed E-state index contributed by atoms with van der Waals surface area (Å²) in [7, 11) is -2.54. The van der Waals surface area contributed by atoms with Gasteiger partial charge in [0, 0.05) is 24.0 Å². The van der Waals surface area contributed by atoms with E-state index in [9.17, 15) is 18.0 Å². The second-order valence-corrected chi connectivity index (χ2v) is 13.5. The van der Waals surface area contributed by atoms with Crippen LogP contribution in [0, 0.1) is 6.92 Å². The monoisotopic (exact) mass is 625 g/mol. The number of nitrogens with zero attached hydrogens (tertiary/aromatic N) is 2. The standard InChI is InChI=1S/C33H40ClN3O5S/c1-24-11-10-14-26(19-24)22-36(32(38)23-37(43(3,40)41)29-21-27(34)17-18-31(29)42-2)30(20-25-12-6-4-7-13-25)33(39)35-28-15-8-5-9-16-28/h4,6-7,10-14,17-19,21,28,30H,5,8-9,15-16,20,22-23H2,1-3H3,(H,35,39)/t30-/m1/s1. The quantitative estimate of drug-likeness (QED) is 0.286. The maximum atomic E-state index is 14.3. The van der Waals surface area contributed by atoms with Crippen LogP contribution in [0.2, 0.25) is 5.02 Å². The molecule has 0 aliphatic heterocycles. The van der Waals surface area contributed by atoms with Gasteiger partial charge in [-0.3, -0.25) is 13.9 Å². The van der Waals surface area contributed by atoms with Gasteiger partial charge in [-0.05, 0) is 49.1 Å². The van der Waals surface area contributed by atoms with E-state index in [-0.39, 0.29) is 36.4 Å². The number of sulfonamides is 1. The number of hydrogen-bond donors (Lipinski definition) is 1. The molecule has 1 atom stereocenters. The molecule has 1 fully saturated rings.